The van der Waals surface area contributed by atoms with Crippen molar-refractivity contribution >= 4 is 5.91 Å². The Bertz CT molecular complexity index is 778. The number of pyridine rings is 1. The van der Waals surface area contributed by atoms with E-state index in [1.807, 2.05) is 0 Å². The summed E-state index contributed by atoms with van der Waals surface area (Å²) in [6.07, 6.45) is -3.14. The van der Waals surface area contributed by atoms with Crippen LogP contribution in [0.5, 0.6) is 11.6 Å². The number of alkyl halides is 3. The third-order valence-electron chi connectivity index (χ3n) is 3.76. The molecule has 0 bridgehead atoms. The summed E-state index contributed by atoms with van der Waals surface area (Å²) in [6, 6.07) is 1.96. The molecule has 0 aliphatic carbocycles. The van der Waals surface area contributed by atoms with Gasteiger partial charge in [0.05, 0.1) is 18.3 Å². The second-order valence-corrected chi connectivity index (χ2v) is 5.56. The molecule has 1 fully saturated rings. The van der Waals surface area contributed by atoms with Gasteiger partial charge in [-0.3, -0.25) is 4.79 Å². The van der Waals surface area contributed by atoms with Crippen molar-refractivity contribution in [2.75, 3.05) is 6.54 Å². The third kappa shape index (κ3) is 4.04. The molecule has 3 rings (SSSR count). The second-order valence-electron chi connectivity index (χ2n) is 5.56. The van der Waals surface area contributed by atoms with Gasteiger partial charge in [-0.1, -0.05) is 0 Å². The highest BCUT2D eigenvalue weighted by molar-refractivity contribution is 5.92. The van der Waals surface area contributed by atoms with Gasteiger partial charge >= 0.3 is 6.36 Å². The zero-order valence-corrected chi connectivity index (χ0v) is 13.4. The van der Waals surface area contributed by atoms with E-state index in [1.165, 1.54) is 17.2 Å². The Morgan fingerprint density at radius 3 is 2.81 bits per heavy atom. The summed E-state index contributed by atoms with van der Waals surface area (Å²) >= 11 is 0. The summed E-state index contributed by atoms with van der Waals surface area (Å²) in [5.41, 5.74) is 0.0781. The van der Waals surface area contributed by atoms with E-state index in [4.69, 9.17) is 9.15 Å². The van der Waals surface area contributed by atoms with Crippen molar-refractivity contribution in [2.24, 2.45) is 0 Å². The minimum Gasteiger partial charge on any atom is -0.482 e. The largest absolute Gasteiger partial charge is 0.574 e. The van der Waals surface area contributed by atoms with E-state index in [-0.39, 0.29) is 42.4 Å². The summed E-state index contributed by atoms with van der Waals surface area (Å²) in [7, 11) is 0. The lowest BCUT2D eigenvalue weighted by atomic mass is 10.0. The summed E-state index contributed by atoms with van der Waals surface area (Å²) in [5, 5.41) is 9.45. The molecule has 1 amide bonds. The molecule has 0 radical (unpaired) electrons. The van der Waals surface area contributed by atoms with E-state index in [0.717, 1.165) is 12.3 Å². The highest BCUT2D eigenvalue weighted by Gasteiger charge is 2.38. The maximum absolute atomic E-state index is 12.2. The minimum atomic E-state index is -4.82. The SMILES string of the molecule is C[C@@H]1[C@@H](O)CN1C(=O)c1coc(COc2ccc(OC(F)(F)F)nc2)n1. The van der Waals surface area contributed by atoms with Crippen LogP contribution < -0.4 is 9.47 Å². The lowest BCUT2D eigenvalue weighted by Crippen LogP contribution is -2.60. The van der Waals surface area contributed by atoms with E-state index < -0.39 is 18.3 Å². The van der Waals surface area contributed by atoms with Gasteiger partial charge in [-0.05, 0) is 13.0 Å². The first kappa shape index (κ1) is 18.0. The molecule has 2 atom stereocenters. The number of carbonyl (C=O) groups excluding carboxylic acids is 1. The van der Waals surface area contributed by atoms with Gasteiger partial charge in [0.25, 0.3) is 5.91 Å². The fraction of sp³-hybridized carbons (Fsp3) is 0.400. The number of hydrogen-bond acceptors (Lipinski definition) is 7. The second kappa shape index (κ2) is 6.83. The molecular weight excluding hydrogens is 359 g/mol. The van der Waals surface area contributed by atoms with Gasteiger partial charge < -0.3 is 23.9 Å². The molecule has 3 heterocycles. The van der Waals surface area contributed by atoms with Gasteiger partial charge in [0.2, 0.25) is 11.8 Å². The van der Waals surface area contributed by atoms with Crippen molar-refractivity contribution in [3.63, 3.8) is 0 Å². The first-order valence-electron chi connectivity index (χ1n) is 7.51. The average Bonchev–Trinajstić information content (AvgIpc) is 3.06. The Morgan fingerprint density at radius 2 is 2.23 bits per heavy atom. The smallest absolute Gasteiger partial charge is 0.482 e. The molecule has 26 heavy (non-hydrogen) atoms. The number of aliphatic hydroxyl groups is 1. The topological polar surface area (TPSA) is 97.9 Å². The van der Waals surface area contributed by atoms with E-state index in [2.05, 4.69) is 14.7 Å². The van der Waals surface area contributed by atoms with Crippen LogP contribution in [0.25, 0.3) is 0 Å². The Hall–Kier alpha value is -2.82. The van der Waals surface area contributed by atoms with Gasteiger partial charge in [0.15, 0.2) is 12.3 Å². The minimum absolute atomic E-state index is 0.0781. The molecule has 0 aromatic carbocycles. The lowest BCUT2D eigenvalue weighted by Gasteiger charge is -2.42. The molecule has 1 aliphatic rings. The number of oxazole rings is 1. The van der Waals surface area contributed by atoms with E-state index in [9.17, 15) is 23.1 Å². The molecule has 1 N–H and O–H groups in total. The Labute approximate surface area is 145 Å². The first-order valence-corrected chi connectivity index (χ1v) is 7.51. The van der Waals surface area contributed by atoms with Crippen molar-refractivity contribution in [3.05, 3.63) is 36.2 Å². The van der Waals surface area contributed by atoms with Crippen LogP contribution in [0.2, 0.25) is 0 Å². The van der Waals surface area contributed by atoms with Gasteiger partial charge in [-0.2, -0.15) is 0 Å². The standard InChI is InChI=1S/C15H14F3N3O5/c1-8-11(22)5-21(8)14(23)10-6-25-13(20-10)7-24-9-2-3-12(19-4-9)26-15(16,17)18/h2-4,6,8,11,22H,5,7H2,1H3/t8-,11+/m1/s1. The fourth-order valence-corrected chi connectivity index (χ4v) is 2.26. The number of aliphatic hydroxyl groups excluding tert-OH is 1. The predicted octanol–water partition coefficient (Wildman–Crippen LogP) is 1.75. The average molecular weight is 373 g/mol. The number of hydrogen-bond donors (Lipinski definition) is 1. The molecule has 0 saturated carbocycles. The highest BCUT2D eigenvalue weighted by Crippen LogP contribution is 2.23. The molecule has 140 valence electrons. The van der Waals surface area contributed by atoms with Crippen LogP contribution in [-0.4, -0.2) is 50.9 Å². The molecule has 0 unspecified atom stereocenters. The van der Waals surface area contributed by atoms with Crippen molar-refractivity contribution < 1.29 is 37.0 Å². The number of rotatable bonds is 5. The highest BCUT2D eigenvalue weighted by atomic mass is 19.4. The molecule has 0 spiro atoms. The number of carbonyl (C=O) groups is 1. The number of aromatic nitrogens is 2. The third-order valence-corrected chi connectivity index (χ3v) is 3.76. The quantitative estimate of drug-likeness (QED) is 0.853. The van der Waals surface area contributed by atoms with E-state index in [0.29, 0.717) is 0 Å². The zero-order valence-electron chi connectivity index (χ0n) is 13.4. The van der Waals surface area contributed by atoms with Crippen LogP contribution in [-0.2, 0) is 6.61 Å². The number of ether oxygens (including phenoxy) is 2. The summed E-state index contributed by atoms with van der Waals surface area (Å²) < 4.78 is 50.2. The Morgan fingerprint density at radius 1 is 1.46 bits per heavy atom. The number of nitrogens with zero attached hydrogens (tertiary/aromatic N) is 3. The van der Waals surface area contributed by atoms with Crippen LogP contribution in [0.4, 0.5) is 13.2 Å². The monoisotopic (exact) mass is 373 g/mol. The maximum Gasteiger partial charge on any atom is 0.574 e. The molecule has 1 saturated heterocycles. The maximum atomic E-state index is 12.2. The number of amides is 1. The lowest BCUT2D eigenvalue weighted by molar-refractivity contribution is -0.276. The Balaban J connectivity index is 1.54. The molecule has 8 nitrogen and oxygen atoms in total. The van der Waals surface area contributed by atoms with Gasteiger partial charge in [0, 0.05) is 12.6 Å². The van der Waals surface area contributed by atoms with E-state index >= 15 is 0 Å². The van der Waals surface area contributed by atoms with Crippen molar-refractivity contribution in [2.45, 2.75) is 32.0 Å². The van der Waals surface area contributed by atoms with Crippen molar-refractivity contribution in [1.82, 2.24) is 14.9 Å². The summed E-state index contributed by atoms with van der Waals surface area (Å²) in [6.45, 7) is 1.80. The van der Waals surface area contributed by atoms with Crippen LogP contribution in [0, 0.1) is 0 Å². The normalized spacial score (nSPS) is 19.8. The van der Waals surface area contributed by atoms with Crippen molar-refractivity contribution in [3.8, 4) is 11.6 Å². The number of likely N-dealkylation sites (tertiary alicyclic amines) is 1. The predicted molar refractivity (Wildman–Crippen MR) is 78.3 cm³/mol. The number of β-amino-alcohol motifs (C(OH)–C–C–N with tert-alkyl or cyclic N) is 1. The molecule has 11 heteroatoms. The molecule has 2 aromatic rings. The molecular formula is C15H14F3N3O5. The Kier molecular flexibility index (Phi) is 4.72. The van der Waals surface area contributed by atoms with Gasteiger partial charge in [-0.15, -0.1) is 13.2 Å². The zero-order chi connectivity index (χ0) is 18.9. The van der Waals surface area contributed by atoms with Crippen LogP contribution in [0.15, 0.2) is 29.0 Å². The van der Waals surface area contributed by atoms with Crippen LogP contribution in [0.1, 0.15) is 23.3 Å². The van der Waals surface area contributed by atoms with Crippen LogP contribution >= 0.6 is 0 Å². The van der Waals surface area contributed by atoms with Crippen molar-refractivity contribution in [1.29, 1.82) is 0 Å². The van der Waals surface area contributed by atoms with Crippen LogP contribution in [0.3, 0.4) is 0 Å². The number of halogens is 3. The fourth-order valence-electron chi connectivity index (χ4n) is 2.26. The van der Waals surface area contributed by atoms with Gasteiger partial charge in [0.1, 0.15) is 12.0 Å². The molecule has 2 aromatic heterocycles. The summed E-state index contributed by atoms with van der Waals surface area (Å²) in [4.78, 5) is 21.1. The summed E-state index contributed by atoms with van der Waals surface area (Å²) in [5.74, 6) is -0.699. The molecule has 1 aliphatic heterocycles. The van der Waals surface area contributed by atoms with Gasteiger partial charge in [-0.25, -0.2) is 9.97 Å². The first-order chi connectivity index (χ1) is 12.2. The van der Waals surface area contributed by atoms with E-state index in [1.54, 1.807) is 6.92 Å².